The fourth-order valence-electron chi connectivity index (χ4n) is 8.82. The monoisotopic (exact) mass is 404 g/mol. The fourth-order valence-corrected chi connectivity index (χ4v) is 8.82. The Bertz CT molecular complexity index is 1220. The van der Waals surface area contributed by atoms with Crippen LogP contribution in [0.3, 0.4) is 0 Å². The number of Topliss-reactive ketones (excluding diaryl/α,β-unsaturated/α-hetero) is 1. The van der Waals surface area contributed by atoms with Crippen LogP contribution in [-0.4, -0.2) is 5.78 Å². The van der Waals surface area contributed by atoms with Gasteiger partial charge in [0.15, 0.2) is 5.78 Å². The number of carbonyl (C=O) groups excluding carboxylic acids is 1. The zero-order valence-electron chi connectivity index (χ0n) is 18.4. The number of fused-ring (bicyclic) bond motifs is 5. The smallest absolute Gasteiger partial charge is 0.153 e. The molecule has 0 aromatic heterocycles. The molecule has 6 aliphatic rings. The maximum atomic E-state index is 14.4. The summed E-state index contributed by atoms with van der Waals surface area (Å²) in [6.07, 6.45) is 7.37. The average Bonchev–Trinajstić information content (AvgIpc) is 3.03. The summed E-state index contributed by atoms with van der Waals surface area (Å²) in [5.74, 6) is 3.59. The molecule has 2 fully saturated rings. The van der Waals surface area contributed by atoms with E-state index in [1.165, 1.54) is 27.8 Å². The zero-order chi connectivity index (χ0) is 21.1. The summed E-state index contributed by atoms with van der Waals surface area (Å²) in [5.41, 5.74) is 5.78. The molecule has 2 aromatic carbocycles. The van der Waals surface area contributed by atoms with Crippen molar-refractivity contribution in [2.24, 2.45) is 46.3 Å². The molecule has 0 aliphatic heterocycles. The van der Waals surface area contributed by atoms with Gasteiger partial charge in [0.2, 0.25) is 0 Å². The Kier molecular flexibility index (Phi) is 3.23. The van der Waals surface area contributed by atoms with Gasteiger partial charge in [0.05, 0.1) is 10.8 Å². The summed E-state index contributed by atoms with van der Waals surface area (Å²) in [6.45, 7) is 6.88. The molecule has 4 bridgehead atoms. The lowest BCUT2D eigenvalue weighted by atomic mass is 9.37. The Labute approximate surface area is 184 Å². The highest BCUT2D eigenvalue weighted by atomic mass is 16.1. The highest BCUT2D eigenvalue weighted by molar-refractivity contribution is 6.23. The van der Waals surface area contributed by atoms with Crippen LogP contribution in [0.5, 0.6) is 0 Å². The van der Waals surface area contributed by atoms with E-state index < -0.39 is 10.8 Å². The van der Waals surface area contributed by atoms with Crippen LogP contribution >= 0.6 is 0 Å². The minimum atomic E-state index is -0.404. The quantitative estimate of drug-likeness (QED) is 0.526. The fraction of sp³-hybridized carbons (Fsp3) is 0.367. The van der Waals surface area contributed by atoms with Crippen molar-refractivity contribution in [3.8, 4) is 0 Å². The first-order chi connectivity index (χ1) is 15.0. The molecule has 0 spiro atoms. The van der Waals surface area contributed by atoms with Crippen LogP contribution in [0.4, 0.5) is 0 Å². The standard InChI is InChI=1S/C30H28O/c1-17-16-20-14-15-21(17)23-22(20)26-27(23)30(3)25(19-12-8-5-9-13-19)24(29(26,2)28(30)31)18-10-6-4-7-11-18/h4-16,20-23,26-27H,1-3H3/t20-,21+,22+,23+,26+,27+,29-,30-/m0/s1. The summed E-state index contributed by atoms with van der Waals surface area (Å²) >= 11 is 0. The molecule has 2 aromatic rings. The van der Waals surface area contributed by atoms with Gasteiger partial charge in [-0.05, 0) is 72.6 Å². The molecule has 31 heavy (non-hydrogen) atoms. The van der Waals surface area contributed by atoms with E-state index in [9.17, 15) is 4.79 Å². The molecule has 0 radical (unpaired) electrons. The third-order valence-electron chi connectivity index (χ3n) is 9.73. The van der Waals surface area contributed by atoms with Crippen LogP contribution < -0.4 is 0 Å². The lowest BCUT2D eigenvalue weighted by Gasteiger charge is -2.65. The maximum absolute atomic E-state index is 14.4. The van der Waals surface area contributed by atoms with Crippen LogP contribution in [0.25, 0.3) is 11.1 Å². The second-order valence-corrected chi connectivity index (χ2v) is 10.8. The Morgan fingerprint density at radius 1 is 0.710 bits per heavy atom. The van der Waals surface area contributed by atoms with Gasteiger partial charge in [-0.3, -0.25) is 4.79 Å². The van der Waals surface area contributed by atoms with Crippen LogP contribution in [-0.2, 0) is 4.79 Å². The highest BCUT2D eigenvalue weighted by Gasteiger charge is 2.81. The molecule has 154 valence electrons. The molecule has 2 saturated carbocycles. The number of carbonyl (C=O) groups is 1. The molecular weight excluding hydrogens is 376 g/mol. The van der Waals surface area contributed by atoms with Gasteiger partial charge in [-0.15, -0.1) is 0 Å². The Balaban J connectivity index is 1.52. The number of rotatable bonds is 2. The predicted molar refractivity (Wildman–Crippen MR) is 125 cm³/mol. The third kappa shape index (κ3) is 1.81. The van der Waals surface area contributed by atoms with E-state index >= 15 is 0 Å². The number of allylic oxidation sites excluding steroid dienone is 6. The lowest BCUT2D eigenvalue weighted by Crippen LogP contribution is -2.61. The second kappa shape index (κ2) is 5.57. The van der Waals surface area contributed by atoms with E-state index in [0.29, 0.717) is 41.3 Å². The predicted octanol–water partition coefficient (Wildman–Crippen LogP) is 6.45. The summed E-state index contributed by atoms with van der Waals surface area (Å²) in [4.78, 5) is 14.4. The first kappa shape index (κ1) is 18.0. The highest BCUT2D eigenvalue weighted by Crippen LogP contribution is 2.82. The van der Waals surface area contributed by atoms with Crippen molar-refractivity contribution in [3.05, 3.63) is 95.6 Å². The number of hydrogen-bond donors (Lipinski definition) is 0. The molecule has 8 atom stereocenters. The van der Waals surface area contributed by atoms with Crippen molar-refractivity contribution in [3.63, 3.8) is 0 Å². The topological polar surface area (TPSA) is 17.1 Å². The molecule has 8 rings (SSSR count). The van der Waals surface area contributed by atoms with Gasteiger partial charge in [-0.1, -0.05) is 84.5 Å². The normalized spacial score (nSPS) is 43.6. The lowest BCUT2D eigenvalue weighted by molar-refractivity contribution is -0.127. The van der Waals surface area contributed by atoms with Crippen molar-refractivity contribution in [1.29, 1.82) is 0 Å². The third-order valence-corrected chi connectivity index (χ3v) is 9.73. The largest absolute Gasteiger partial charge is 0.298 e. The molecule has 0 amide bonds. The van der Waals surface area contributed by atoms with Gasteiger partial charge in [0, 0.05) is 5.92 Å². The van der Waals surface area contributed by atoms with E-state index in [2.05, 4.69) is 99.7 Å². The molecule has 0 N–H and O–H groups in total. The van der Waals surface area contributed by atoms with Crippen LogP contribution in [0.2, 0.25) is 0 Å². The van der Waals surface area contributed by atoms with Gasteiger partial charge in [-0.25, -0.2) is 0 Å². The molecule has 0 unspecified atom stereocenters. The van der Waals surface area contributed by atoms with E-state index in [4.69, 9.17) is 0 Å². The molecular formula is C30H28O. The van der Waals surface area contributed by atoms with Crippen molar-refractivity contribution in [2.45, 2.75) is 20.8 Å². The Hall–Kier alpha value is -2.67. The van der Waals surface area contributed by atoms with E-state index in [1.54, 1.807) is 0 Å². The minimum absolute atomic E-state index is 0.403. The number of ketones is 1. The number of benzene rings is 2. The van der Waals surface area contributed by atoms with Gasteiger partial charge < -0.3 is 0 Å². The van der Waals surface area contributed by atoms with E-state index in [0.717, 1.165) is 0 Å². The van der Waals surface area contributed by atoms with Crippen LogP contribution in [0, 0.1) is 46.3 Å². The summed E-state index contributed by atoms with van der Waals surface area (Å²) in [7, 11) is 0. The first-order valence-corrected chi connectivity index (χ1v) is 11.8. The number of hydrogen-bond acceptors (Lipinski definition) is 1. The molecule has 0 saturated heterocycles. The zero-order valence-corrected chi connectivity index (χ0v) is 18.4. The van der Waals surface area contributed by atoms with Crippen molar-refractivity contribution >= 4 is 16.9 Å². The minimum Gasteiger partial charge on any atom is -0.298 e. The van der Waals surface area contributed by atoms with Crippen LogP contribution in [0.15, 0.2) is 84.5 Å². The van der Waals surface area contributed by atoms with Crippen LogP contribution in [0.1, 0.15) is 31.9 Å². The second-order valence-electron chi connectivity index (χ2n) is 10.8. The first-order valence-electron chi connectivity index (χ1n) is 11.8. The summed E-state index contributed by atoms with van der Waals surface area (Å²) < 4.78 is 0. The van der Waals surface area contributed by atoms with Crippen molar-refractivity contribution < 1.29 is 4.79 Å². The van der Waals surface area contributed by atoms with Crippen molar-refractivity contribution in [2.75, 3.05) is 0 Å². The van der Waals surface area contributed by atoms with Crippen molar-refractivity contribution in [1.82, 2.24) is 0 Å². The Morgan fingerprint density at radius 2 is 1.23 bits per heavy atom. The molecule has 1 heteroatoms. The van der Waals surface area contributed by atoms with Gasteiger partial charge in [0.25, 0.3) is 0 Å². The molecule has 6 aliphatic carbocycles. The van der Waals surface area contributed by atoms with E-state index in [1.807, 2.05) is 0 Å². The Morgan fingerprint density at radius 3 is 1.74 bits per heavy atom. The SMILES string of the molecule is CC1=C[C@@H]2C=C[C@H]1[C@@H]1[C@@H]2[C@@H]2[C@@H]1[C@@]1(C)C(=O)[C@@]2(C)C(c2ccccc2)=C1c1ccccc1. The maximum Gasteiger partial charge on any atom is 0.153 e. The molecule has 1 nitrogen and oxygen atoms in total. The summed E-state index contributed by atoms with van der Waals surface area (Å²) in [6, 6.07) is 21.5. The van der Waals surface area contributed by atoms with Gasteiger partial charge in [-0.2, -0.15) is 0 Å². The van der Waals surface area contributed by atoms with Gasteiger partial charge >= 0.3 is 0 Å². The molecule has 0 heterocycles. The van der Waals surface area contributed by atoms with Gasteiger partial charge in [0.1, 0.15) is 0 Å². The van der Waals surface area contributed by atoms with E-state index in [-0.39, 0.29) is 0 Å². The average molecular weight is 405 g/mol. The summed E-state index contributed by atoms with van der Waals surface area (Å²) in [5, 5.41) is 0.